The number of halogens is 3. The van der Waals surface area contributed by atoms with E-state index in [1.807, 2.05) is 13.8 Å². The second-order valence-corrected chi connectivity index (χ2v) is 4.38. The first-order valence-corrected chi connectivity index (χ1v) is 6.46. The van der Waals surface area contributed by atoms with Crippen molar-refractivity contribution in [1.29, 1.82) is 0 Å². The first kappa shape index (κ1) is 14.5. The zero-order valence-electron chi connectivity index (χ0n) is 11.4. The van der Waals surface area contributed by atoms with E-state index in [1.165, 1.54) is 10.8 Å². The second kappa shape index (κ2) is 5.64. The molecular formula is C12H16F3N5. The summed E-state index contributed by atoms with van der Waals surface area (Å²) in [6.07, 6.45) is -2.99. The molecule has 0 radical (unpaired) electrons. The zero-order chi connectivity index (χ0) is 14.8. The van der Waals surface area contributed by atoms with Crippen molar-refractivity contribution in [3.8, 4) is 0 Å². The molecule has 8 heteroatoms. The molecule has 5 nitrogen and oxygen atoms in total. The van der Waals surface area contributed by atoms with Crippen LogP contribution in [0.1, 0.15) is 26.0 Å². The van der Waals surface area contributed by atoms with E-state index >= 15 is 0 Å². The average Bonchev–Trinajstić information content (AvgIpc) is 2.85. The van der Waals surface area contributed by atoms with E-state index in [1.54, 1.807) is 11.0 Å². The topological polar surface area (TPSA) is 46.3 Å². The number of fused-ring (bicyclic) bond motifs is 1. The molecule has 2 aromatic rings. The Labute approximate surface area is 114 Å². The lowest BCUT2D eigenvalue weighted by molar-refractivity contribution is -0.132. The van der Waals surface area contributed by atoms with Gasteiger partial charge < -0.3 is 4.90 Å². The van der Waals surface area contributed by atoms with Gasteiger partial charge in [0.25, 0.3) is 5.78 Å². The lowest BCUT2D eigenvalue weighted by atomic mass is 10.3. The smallest absolute Gasteiger partial charge is 0.356 e. The van der Waals surface area contributed by atoms with Gasteiger partial charge in [0.2, 0.25) is 0 Å². The van der Waals surface area contributed by atoms with Crippen molar-refractivity contribution in [3.05, 3.63) is 18.1 Å². The van der Waals surface area contributed by atoms with Crippen LogP contribution < -0.4 is 4.90 Å². The molecule has 0 bridgehead atoms. The van der Waals surface area contributed by atoms with Gasteiger partial charge in [0.15, 0.2) is 0 Å². The fourth-order valence-corrected chi connectivity index (χ4v) is 1.95. The molecule has 20 heavy (non-hydrogen) atoms. The van der Waals surface area contributed by atoms with Crippen molar-refractivity contribution in [3.63, 3.8) is 0 Å². The Morgan fingerprint density at radius 2 is 2.05 bits per heavy atom. The molecule has 0 unspecified atom stereocenters. The van der Waals surface area contributed by atoms with E-state index in [9.17, 15) is 13.2 Å². The molecule has 0 aromatic carbocycles. The van der Waals surface area contributed by atoms with Crippen LogP contribution in [0.15, 0.2) is 12.4 Å². The van der Waals surface area contributed by atoms with E-state index in [4.69, 9.17) is 0 Å². The highest BCUT2D eigenvalue weighted by Gasteiger charge is 2.28. The Morgan fingerprint density at radius 1 is 1.30 bits per heavy atom. The van der Waals surface area contributed by atoms with Gasteiger partial charge in [-0.2, -0.15) is 27.8 Å². The normalized spacial score (nSPS) is 12.1. The quantitative estimate of drug-likeness (QED) is 0.847. The van der Waals surface area contributed by atoms with Gasteiger partial charge in [0, 0.05) is 24.8 Å². The molecule has 0 amide bonds. The van der Waals surface area contributed by atoms with E-state index < -0.39 is 12.6 Å². The average molecular weight is 287 g/mol. The first-order chi connectivity index (χ1) is 9.44. The SMILES string of the molecule is CCc1cc(N(CC)CCC(F)(F)F)n2ncnc2n1. The summed E-state index contributed by atoms with van der Waals surface area (Å²) < 4.78 is 38.7. The number of hydrogen-bond donors (Lipinski definition) is 0. The maximum atomic E-state index is 12.4. The van der Waals surface area contributed by atoms with Gasteiger partial charge >= 0.3 is 6.18 Å². The molecule has 110 valence electrons. The van der Waals surface area contributed by atoms with Crippen LogP contribution in [0.5, 0.6) is 0 Å². The molecule has 2 aromatic heterocycles. The highest BCUT2D eigenvalue weighted by molar-refractivity contribution is 5.47. The number of hydrogen-bond acceptors (Lipinski definition) is 4. The minimum Gasteiger partial charge on any atom is -0.356 e. The van der Waals surface area contributed by atoms with Gasteiger partial charge in [-0.15, -0.1) is 0 Å². The van der Waals surface area contributed by atoms with Crippen LogP contribution in [0.2, 0.25) is 0 Å². The van der Waals surface area contributed by atoms with Crippen molar-refractivity contribution in [2.45, 2.75) is 32.9 Å². The predicted octanol–water partition coefficient (Wildman–Crippen LogP) is 2.47. The Hall–Kier alpha value is -1.86. The van der Waals surface area contributed by atoms with Crippen LogP contribution in [0, 0.1) is 0 Å². The molecule has 2 heterocycles. The molecule has 2 rings (SSSR count). The van der Waals surface area contributed by atoms with Gasteiger partial charge in [0.1, 0.15) is 12.1 Å². The van der Waals surface area contributed by atoms with Crippen LogP contribution in [0.25, 0.3) is 5.78 Å². The summed E-state index contributed by atoms with van der Waals surface area (Å²) in [5.41, 5.74) is 0.783. The highest BCUT2D eigenvalue weighted by Crippen LogP contribution is 2.23. The standard InChI is InChI=1S/C12H16F3N5/c1-3-9-7-10(20-11(18-9)16-8-17-20)19(4-2)6-5-12(13,14)15/h7-8H,3-6H2,1-2H3. The summed E-state index contributed by atoms with van der Waals surface area (Å²) in [7, 11) is 0. The third-order valence-corrected chi connectivity index (χ3v) is 3.02. The number of aromatic nitrogens is 4. The fourth-order valence-electron chi connectivity index (χ4n) is 1.95. The Kier molecular flexibility index (Phi) is 4.10. The summed E-state index contributed by atoms with van der Waals surface area (Å²) in [6.45, 7) is 4.09. The maximum Gasteiger partial charge on any atom is 0.390 e. The molecule has 0 atom stereocenters. The number of aryl methyl sites for hydroxylation is 1. The molecule has 0 aliphatic heterocycles. The van der Waals surface area contributed by atoms with E-state index in [0.717, 1.165) is 5.69 Å². The first-order valence-electron chi connectivity index (χ1n) is 6.46. The minimum atomic E-state index is -4.17. The third kappa shape index (κ3) is 3.17. The molecule has 0 aliphatic rings. The zero-order valence-corrected chi connectivity index (χ0v) is 11.4. The Morgan fingerprint density at radius 3 is 2.65 bits per heavy atom. The molecule has 0 spiro atoms. The van der Waals surface area contributed by atoms with Crippen molar-refractivity contribution in [2.75, 3.05) is 18.0 Å². The summed E-state index contributed by atoms with van der Waals surface area (Å²) >= 11 is 0. The second-order valence-electron chi connectivity index (χ2n) is 4.38. The molecular weight excluding hydrogens is 271 g/mol. The number of anilines is 1. The van der Waals surface area contributed by atoms with Crippen molar-refractivity contribution in [1.82, 2.24) is 19.6 Å². The Bertz CT molecular complexity index is 578. The lowest BCUT2D eigenvalue weighted by Crippen LogP contribution is -2.30. The lowest BCUT2D eigenvalue weighted by Gasteiger charge is -2.24. The van der Waals surface area contributed by atoms with Gasteiger partial charge in [-0.25, -0.2) is 4.98 Å². The van der Waals surface area contributed by atoms with Crippen LogP contribution >= 0.6 is 0 Å². The summed E-state index contributed by atoms with van der Waals surface area (Å²) in [6, 6.07) is 1.77. The highest BCUT2D eigenvalue weighted by atomic mass is 19.4. The summed E-state index contributed by atoms with van der Waals surface area (Å²) in [5, 5.41) is 4.03. The van der Waals surface area contributed by atoms with Crippen LogP contribution in [-0.2, 0) is 6.42 Å². The summed E-state index contributed by atoms with van der Waals surface area (Å²) in [4.78, 5) is 9.92. The number of alkyl halides is 3. The van der Waals surface area contributed by atoms with Crippen LogP contribution in [0.3, 0.4) is 0 Å². The molecule has 0 N–H and O–H groups in total. The molecule has 0 saturated carbocycles. The van der Waals surface area contributed by atoms with Gasteiger partial charge in [-0.05, 0) is 13.3 Å². The van der Waals surface area contributed by atoms with E-state index in [0.29, 0.717) is 24.6 Å². The minimum absolute atomic E-state index is 0.109. The Balaban J connectivity index is 2.35. The van der Waals surface area contributed by atoms with Crippen molar-refractivity contribution < 1.29 is 13.2 Å². The number of nitrogens with zero attached hydrogens (tertiary/aromatic N) is 5. The van der Waals surface area contributed by atoms with Crippen molar-refractivity contribution in [2.24, 2.45) is 0 Å². The number of rotatable bonds is 5. The van der Waals surface area contributed by atoms with Gasteiger partial charge in [0.05, 0.1) is 6.42 Å². The van der Waals surface area contributed by atoms with E-state index in [-0.39, 0.29) is 6.54 Å². The van der Waals surface area contributed by atoms with Crippen LogP contribution in [-0.4, -0.2) is 38.8 Å². The van der Waals surface area contributed by atoms with Crippen molar-refractivity contribution >= 4 is 11.6 Å². The van der Waals surface area contributed by atoms with Gasteiger partial charge in [-0.1, -0.05) is 6.92 Å². The summed E-state index contributed by atoms with van der Waals surface area (Å²) in [5.74, 6) is 1.00. The van der Waals surface area contributed by atoms with Crippen LogP contribution in [0.4, 0.5) is 19.0 Å². The fraction of sp³-hybridized carbons (Fsp3) is 0.583. The predicted molar refractivity (Wildman–Crippen MR) is 68.7 cm³/mol. The van der Waals surface area contributed by atoms with E-state index in [2.05, 4.69) is 15.1 Å². The largest absolute Gasteiger partial charge is 0.390 e. The third-order valence-electron chi connectivity index (χ3n) is 3.02. The maximum absolute atomic E-state index is 12.4. The molecule has 0 saturated heterocycles. The monoisotopic (exact) mass is 287 g/mol. The molecule has 0 fully saturated rings. The van der Waals surface area contributed by atoms with Gasteiger partial charge in [-0.3, -0.25) is 0 Å². The molecule has 0 aliphatic carbocycles.